The molecule has 0 spiro atoms. The van der Waals surface area contributed by atoms with E-state index in [1.165, 1.54) is 109 Å². The fourth-order valence-electron chi connectivity index (χ4n) is 4.08. The molecule has 0 aliphatic rings. The molecule has 0 fully saturated rings. The first-order chi connectivity index (χ1) is 15.2. The number of hydrogen-bond donors (Lipinski definition) is 2. The summed E-state index contributed by atoms with van der Waals surface area (Å²) in [5.41, 5.74) is 0. The minimum Gasteiger partial charge on any atom is -0.481 e. The fraction of sp³-hybridized carbons (Fsp3) is 0.926. The summed E-state index contributed by atoms with van der Waals surface area (Å²) in [5.74, 6) is -0.422. The highest BCUT2D eigenvalue weighted by Crippen LogP contribution is 2.14. The van der Waals surface area contributed by atoms with Crippen molar-refractivity contribution in [3.8, 4) is 0 Å². The number of carbonyl (C=O) groups excluding carboxylic acids is 1. The Morgan fingerprint density at radius 1 is 0.516 bits per heavy atom. The highest BCUT2D eigenvalue weighted by molar-refractivity contribution is 5.75. The molecule has 4 heteroatoms. The van der Waals surface area contributed by atoms with Crippen molar-refractivity contribution in [2.45, 2.75) is 155 Å². The second kappa shape index (κ2) is 25.2. The third kappa shape index (κ3) is 26.9. The molecule has 0 saturated heterocycles. The number of carboxylic acids is 1. The highest BCUT2D eigenvalue weighted by Gasteiger charge is 2.00. The summed E-state index contributed by atoms with van der Waals surface area (Å²) in [6, 6.07) is 0. The SMILES string of the molecule is CCCCCCC(=O)NCCCCCCCCCCCCCCCCCCCC(=O)O. The van der Waals surface area contributed by atoms with Gasteiger partial charge in [0.15, 0.2) is 0 Å². The first-order valence-corrected chi connectivity index (χ1v) is 13.6. The monoisotopic (exact) mass is 439 g/mol. The molecule has 0 bridgehead atoms. The lowest BCUT2D eigenvalue weighted by Crippen LogP contribution is -2.23. The summed E-state index contributed by atoms with van der Waals surface area (Å²) in [6.45, 7) is 3.06. The predicted molar refractivity (Wildman–Crippen MR) is 133 cm³/mol. The zero-order valence-corrected chi connectivity index (χ0v) is 20.7. The quantitative estimate of drug-likeness (QED) is 0.141. The van der Waals surface area contributed by atoms with Crippen molar-refractivity contribution < 1.29 is 14.7 Å². The van der Waals surface area contributed by atoms with E-state index in [0.717, 1.165) is 32.2 Å². The molecular formula is C27H53NO3. The van der Waals surface area contributed by atoms with Gasteiger partial charge in [0.05, 0.1) is 0 Å². The molecule has 0 unspecified atom stereocenters. The van der Waals surface area contributed by atoms with Crippen molar-refractivity contribution in [2.75, 3.05) is 6.54 Å². The van der Waals surface area contributed by atoms with E-state index in [0.29, 0.717) is 12.8 Å². The van der Waals surface area contributed by atoms with Gasteiger partial charge >= 0.3 is 5.97 Å². The molecule has 0 aromatic rings. The lowest BCUT2D eigenvalue weighted by molar-refractivity contribution is -0.137. The largest absolute Gasteiger partial charge is 0.481 e. The van der Waals surface area contributed by atoms with E-state index < -0.39 is 5.97 Å². The summed E-state index contributed by atoms with van der Waals surface area (Å²) >= 11 is 0. The van der Waals surface area contributed by atoms with Gasteiger partial charge in [-0.2, -0.15) is 0 Å². The number of carboxylic acid groups (broad SMARTS) is 1. The van der Waals surface area contributed by atoms with Crippen molar-refractivity contribution in [2.24, 2.45) is 0 Å². The Bertz CT molecular complexity index is 398. The van der Waals surface area contributed by atoms with Crippen LogP contribution in [0.3, 0.4) is 0 Å². The van der Waals surface area contributed by atoms with Crippen LogP contribution in [-0.2, 0) is 9.59 Å². The Morgan fingerprint density at radius 2 is 0.871 bits per heavy atom. The van der Waals surface area contributed by atoms with Crippen molar-refractivity contribution >= 4 is 11.9 Å². The Labute approximate surface area is 193 Å². The highest BCUT2D eigenvalue weighted by atomic mass is 16.4. The van der Waals surface area contributed by atoms with Gasteiger partial charge in [-0.25, -0.2) is 0 Å². The third-order valence-electron chi connectivity index (χ3n) is 6.15. The molecule has 4 nitrogen and oxygen atoms in total. The van der Waals surface area contributed by atoms with Crippen LogP contribution in [-0.4, -0.2) is 23.5 Å². The lowest BCUT2D eigenvalue weighted by Gasteiger charge is -2.05. The number of carbonyl (C=O) groups is 2. The maximum Gasteiger partial charge on any atom is 0.303 e. The van der Waals surface area contributed by atoms with Crippen LogP contribution in [0, 0.1) is 0 Å². The van der Waals surface area contributed by atoms with Gasteiger partial charge in [0.25, 0.3) is 0 Å². The second-order valence-corrected chi connectivity index (χ2v) is 9.31. The Morgan fingerprint density at radius 3 is 1.29 bits per heavy atom. The molecule has 0 heterocycles. The third-order valence-corrected chi connectivity index (χ3v) is 6.15. The van der Waals surface area contributed by atoms with E-state index in [1.807, 2.05) is 0 Å². The topological polar surface area (TPSA) is 66.4 Å². The van der Waals surface area contributed by atoms with Crippen LogP contribution in [0.15, 0.2) is 0 Å². The van der Waals surface area contributed by atoms with Crippen LogP contribution in [0.1, 0.15) is 155 Å². The summed E-state index contributed by atoms with van der Waals surface area (Å²) in [4.78, 5) is 22.1. The zero-order valence-electron chi connectivity index (χ0n) is 20.7. The fourth-order valence-corrected chi connectivity index (χ4v) is 4.08. The molecule has 2 N–H and O–H groups in total. The van der Waals surface area contributed by atoms with Gasteiger partial charge in [-0.3, -0.25) is 9.59 Å². The number of aliphatic carboxylic acids is 1. The molecule has 0 saturated carbocycles. The van der Waals surface area contributed by atoms with Gasteiger partial charge in [0.1, 0.15) is 0 Å². The molecule has 0 aliphatic heterocycles. The van der Waals surface area contributed by atoms with Gasteiger partial charge in [0, 0.05) is 19.4 Å². The predicted octanol–water partition coefficient (Wildman–Crippen LogP) is 8.18. The van der Waals surface area contributed by atoms with Gasteiger partial charge in [-0.05, 0) is 19.3 Å². The van der Waals surface area contributed by atoms with Crippen molar-refractivity contribution in [1.29, 1.82) is 0 Å². The van der Waals surface area contributed by atoms with Crippen LogP contribution < -0.4 is 5.32 Å². The van der Waals surface area contributed by atoms with Crippen LogP contribution in [0.25, 0.3) is 0 Å². The normalized spacial score (nSPS) is 11.0. The van der Waals surface area contributed by atoms with E-state index in [4.69, 9.17) is 5.11 Å². The first kappa shape index (κ1) is 29.9. The minimum atomic E-state index is -0.662. The molecular weight excluding hydrogens is 386 g/mol. The van der Waals surface area contributed by atoms with Gasteiger partial charge in [0.2, 0.25) is 5.91 Å². The second-order valence-electron chi connectivity index (χ2n) is 9.31. The summed E-state index contributed by atoms with van der Waals surface area (Å²) in [7, 11) is 0. The van der Waals surface area contributed by atoms with Crippen LogP contribution in [0.5, 0.6) is 0 Å². The molecule has 0 rings (SSSR count). The molecule has 1 amide bonds. The number of nitrogens with one attached hydrogen (secondary N) is 1. The molecule has 0 radical (unpaired) electrons. The van der Waals surface area contributed by atoms with Crippen LogP contribution in [0.4, 0.5) is 0 Å². The zero-order chi connectivity index (χ0) is 22.8. The van der Waals surface area contributed by atoms with E-state index in [1.54, 1.807) is 0 Å². The van der Waals surface area contributed by atoms with Crippen molar-refractivity contribution in [3.05, 3.63) is 0 Å². The number of amides is 1. The molecule has 31 heavy (non-hydrogen) atoms. The van der Waals surface area contributed by atoms with Crippen LogP contribution in [0.2, 0.25) is 0 Å². The Hall–Kier alpha value is -1.06. The van der Waals surface area contributed by atoms with Gasteiger partial charge in [-0.15, -0.1) is 0 Å². The van der Waals surface area contributed by atoms with E-state index >= 15 is 0 Å². The molecule has 184 valence electrons. The smallest absolute Gasteiger partial charge is 0.303 e. The molecule has 0 aromatic carbocycles. The molecule has 0 aromatic heterocycles. The summed E-state index contributed by atoms with van der Waals surface area (Å²) in [5, 5.41) is 11.7. The molecule has 0 atom stereocenters. The number of hydrogen-bond acceptors (Lipinski definition) is 2. The average molecular weight is 440 g/mol. The first-order valence-electron chi connectivity index (χ1n) is 13.6. The lowest BCUT2D eigenvalue weighted by atomic mass is 10.0. The average Bonchev–Trinajstić information content (AvgIpc) is 2.75. The Balaban J connectivity index is 3.09. The van der Waals surface area contributed by atoms with Crippen molar-refractivity contribution in [1.82, 2.24) is 5.32 Å². The van der Waals surface area contributed by atoms with Crippen molar-refractivity contribution in [3.63, 3.8) is 0 Å². The number of unbranched alkanes of at least 4 members (excludes halogenated alkanes) is 19. The summed E-state index contributed by atoms with van der Waals surface area (Å²) in [6.07, 6.45) is 27.4. The van der Waals surface area contributed by atoms with Gasteiger partial charge in [-0.1, -0.05) is 122 Å². The Kier molecular flexibility index (Phi) is 24.3. The van der Waals surface area contributed by atoms with Gasteiger partial charge < -0.3 is 10.4 Å². The minimum absolute atomic E-state index is 0.240. The number of rotatable bonds is 25. The maximum absolute atomic E-state index is 11.7. The molecule has 0 aliphatic carbocycles. The maximum atomic E-state index is 11.7. The standard InChI is InChI=1S/C27H53NO3/c1-2-3-4-20-23-26(29)28-25-22-19-17-15-13-11-9-7-5-6-8-10-12-14-16-18-21-24-27(30)31/h2-25H2,1H3,(H,28,29)(H,30,31). The van der Waals surface area contributed by atoms with E-state index in [9.17, 15) is 9.59 Å². The van der Waals surface area contributed by atoms with E-state index in [2.05, 4.69) is 12.2 Å². The van der Waals surface area contributed by atoms with E-state index in [-0.39, 0.29) is 5.91 Å². The summed E-state index contributed by atoms with van der Waals surface area (Å²) < 4.78 is 0. The van der Waals surface area contributed by atoms with Crippen LogP contribution >= 0.6 is 0 Å².